The molecule has 0 fully saturated rings. The van der Waals surface area contributed by atoms with Crippen LogP contribution in [0.15, 0.2) is 100 Å². The normalized spacial score (nSPS) is 14.6. The minimum atomic E-state index is -0.773. The Bertz CT molecular complexity index is 2140. The van der Waals surface area contributed by atoms with Crippen molar-refractivity contribution < 1.29 is 14.3 Å². The Balaban J connectivity index is 1.57. The molecule has 0 bridgehead atoms. The highest BCUT2D eigenvalue weighted by Gasteiger charge is 2.35. The quantitative estimate of drug-likeness (QED) is 0.214. The molecule has 0 unspecified atom stereocenters. The van der Waals surface area contributed by atoms with E-state index in [2.05, 4.69) is 53.6 Å². The summed E-state index contributed by atoms with van der Waals surface area (Å²) in [6.45, 7) is 6.07. The van der Waals surface area contributed by atoms with Gasteiger partial charge in [-0.2, -0.15) is 0 Å². The number of aryl methyl sites for hydroxylation is 1. The van der Waals surface area contributed by atoms with E-state index in [-0.39, 0.29) is 12.2 Å². The van der Waals surface area contributed by atoms with Gasteiger partial charge in [-0.15, -0.1) is 0 Å². The third-order valence-electron chi connectivity index (χ3n) is 8.16. The van der Waals surface area contributed by atoms with Crippen molar-refractivity contribution in [3.8, 4) is 11.4 Å². The van der Waals surface area contributed by atoms with Crippen LogP contribution in [0.25, 0.3) is 17.5 Å². The van der Waals surface area contributed by atoms with Crippen molar-refractivity contribution in [1.82, 2.24) is 9.13 Å². The topological polar surface area (TPSA) is 78.1 Å². The van der Waals surface area contributed by atoms with Crippen LogP contribution in [0.2, 0.25) is 0 Å². The molecule has 1 aliphatic heterocycles. The van der Waals surface area contributed by atoms with E-state index in [4.69, 9.17) is 14.5 Å². The van der Waals surface area contributed by atoms with Crippen molar-refractivity contribution >= 4 is 34.8 Å². The van der Waals surface area contributed by atoms with Crippen LogP contribution in [0.5, 0.6) is 5.75 Å². The van der Waals surface area contributed by atoms with E-state index in [1.54, 1.807) is 18.6 Å². The third-order valence-corrected chi connectivity index (χ3v) is 9.15. The molecule has 0 radical (unpaired) electrons. The molecular weight excluding hydrogens is 596 g/mol. The number of carbonyl (C=O) groups is 1. The summed E-state index contributed by atoms with van der Waals surface area (Å²) in [5.74, 6) is 0.100. The lowest BCUT2D eigenvalue weighted by atomic mass is 9.93. The molecule has 3 heterocycles. The third kappa shape index (κ3) is 5.58. The SMILES string of the molecule is CCOC(=O)C1=C(c2ccccc2)N=c2s/c(=C/c3cc(C)n(-c4ccc(N(C)C)cc4)c3C)c(=O)n2[C@@H]1c1cccc(OC)c1. The summed E-state index contributed by atoms with van der Waals surface area (Å²) < 4.78 is 15.4. The van der Waals surface area contributed by atoms with Crippen LogP contribution in [-0.4, -0.2) is 42.9 Å². The average molecular weight is 633 g/mol. The molecule has 6 rings (SSSR count). The van der Waals surface area contributed by atoms with E-state index in [1.807, 2.05) is 74.8 Å². The second kappa shape index (κ2) is 12.7. The van der Waals surface area contributed by atoms with Crippen LogP contribution >= 0.6 is 11.3 Å². The van der Waals surface area contributed by atoms with Gasteiger partial charge < -0.3 is 18.9 Å². The monoisotopic (exact) mass is 632 g/mol. The standard InChI is InChI=1S/C37H36N4O4S/c1-7-45-36(43)32-33(25-12-9-8-10-13-25)38-37-41(34(32)26-14-11-15-30(21-26)44-6)35(42)31(46-37)22-27-20-23(2)40(24(27)3)29-18-16-28(17-19-29)39(4)5/h8-22,34H,7H2,1-6H3/b31-22+/t34-/m1/s1. The van der Waals surface area contributed by atoms with Gasteiger partial charge >= 0.3 is 5.97 Å². The summed E-state index contributed by atoms with van der Waals surface area (Å²) in [7, 11) is 5.63. The number of esters is 1. The Hall–Kier alpha value is -5.15. The first kappa shape index (κ1) is 30.9. The van der Waals surface area contributed by atoms with Gasteiger partial charge in [-0.3, -0.25) is 9.36 Å². The molecule has 0 saturated carbocycles. The fourth-order valence-corrected chi connectivity index (χ4v) is 6.93. The molecule has 8 nitrogen and oxygen atoms in total. The molecule has 0 saturated heterocycles. The van der Waals surface area contributed by atoms with Gasteiger partial charge in [0.2, 0.25) is 0 Å². The van der Waals surface area contributed by atoms with Gasteiger partial charge in [0, 0.05) is 42.4 Å². The molecule has 2 aromatic heterocycles. The summed E-state index contributed by atoms with van der Waals surface area (Å²) >= 11 is 1.31. The number of hydrogen-bond donors (Lipinski definition) is 0. The van der Waals surface area contributed by atoms with E-state index in [1.165, 1.54) is 11.3 Å². The molecule has 0 aliphatic carbocycles. The Labute approximate surface area is 271 Å². The molecule has 46 heavy (non-hydrogen) atoms. The lowest BCUT2D eigenvalue weighted by Gasteiger charge is -2.26. The van der Waals surface area contributed by atoms with Gasteiger partial charge in [-0.25, -0.2) is 9.79 Å². The van der Waals surface area contributed by atoms with E-state index in [0.717, 1.165) is 39.5 Å². The summed E-state index contributed by atoms with van der Waals surface area (Å²) in [6, 6.07) is 26.7. The smallest absolute Gasteiger partial charge is 0.338 e. The maximum atomic E-state index is 14.4. The zero-order chi connectivity index (χ0) is 32.5. The maximum absolute atomic E-state index is 14.4. The molecule has 1 aliphatic rings. The predicted molar refractivity (Wildman–Crippen MR) is 184 cm³/mol. The van der Waals surface area contributed by atoms with Gasteiger partial charge in [0.25, 0.3) is 5.56 Å². The number of carbonyl (C=O) groups excluding carboxylic acids is 1. The van der Waals surface area contributed by atoms with Gasteiger partial charge in [0.05, 0.1) is 35.6 Å². The van der Waals surface area contributed by atoms with Crippen molar-refractivity contribution in [3.63, 3.8) is 0 Å². The van der Waals surface area contributed by atoms with Crippen LogP contribution in [-0.2, 0) is 9.53 Å². The van der Waals surface area contributed by atoms with E-state index in [0.29, 0.717) is 26.4 Å². The largest absolute Gasteiger partial charge is 0.497 e. The average Bonchev–Trinajstić information content (AvgIpc) is 3.53. The Morgan fingerprint density at radius 3 is 2.41 bits per heavy atom. The lowest BCUT2D eigenvalue weighted by molar-refractivity contribution is -0.138. The number of thiazole rings is 1. The minimum Gasteiger partial charge on any atom is -0.497 e. The molecule has 1 atom stereocenters. The fourth-order valence-electron chi connectivity index (χ4n) is 5.94. The number of aromatic nitrogens is 2. The summed E-state index contributed by atoms with van der Waals surface area (Å²) in [6.07, 6.45) is 1.93. The van der Waals surface area contributed by atoms with E-state index in [9.17, 15) is 9.59 Å². The Kier molecular flexibility index (Phi) is 8.51. The number of methoxy groups -OCH3 is 1. The highest BCUT2D eigenvalue weighted by molar-refractivity contribution is 7.07. The zero-order valence-corrected chi connectivity index (χ0v) is 27.6. The van der Waals surface area contributed by atoms with Gasteiger partial charge in [-0.05, 0) is 80.4 Å². The number of hydrogen-bond acceptors (Lipinski definition) is 7. The first-order chi connectivity index (χ1) is 22.2. The number of benzene rings is 3. The fraction of sp³-hybridized carbons (Fsp3) is 0.216. The minimum absolute atomic E-state index is 0.188. The van der Waals surface area contributed by atoms with E-state index < -0.39 is 12.0 Å². The van der Waals surface area contributed by atoms with Crippen LogP contribution in [0.1, 0.15) is 41.0 Å². The van der Waals surface area contributed by atoms with Gasteiger partial charge in [0.1, 0.15) is 5.75 Å². The number of anilines is 1. The van der Waals surface area contributed by atoms with Crippen LogP contribution in [0.3, 0.4) is 0 Å². The molecule has 234 valence electrons. The molecule has 5 aromatic rings. The zero-order valence-electron chi connectivity index (χ0n) is 26.8. The van der Waals surface area contributed by atoms with Crippen LogP contribution in [0.4, 0.5) is 5.69 Å². The van der Waals surface area contributed by atoms with Gasteiger partial charge in [-0.1, -0.05) is 53.8 Å². The Morgan fingerprint density at radius 1 is 1.00 bits per heavy atom. The van der Waals surface area contributed by atoms with Crippen molar-refractivity contribution in [2.75, 3.05) is 32.7 Å². The maximum Gasteiger partial charge on any atom is 0.338 e. The number of ether oxygens (including phenoxy) is 2. The van der Waals surface area contributed by atoms with Crippen LogP contribution < -0.4 is 24.5 Å². The summed E-state index contributed by atoms with van der Waals surface area (Å²) in [4.78, 5) is 35.6. The van der Waals surface area contributed by atoms with E-state index >= 15 is 0 Å². The van der Waals surface area contributed by atoms with Gasteiger partial charge in [0.15, 0.2) is 4.80 Å². The highest BCUT2D eigenvalue weighted by Crippen LogP contribution is 2.36. The molecule has 0 N–H and O–H groups in total. The first-order valence-corrected chi connectivity index (χ1v) is 15.9. The first-order valence-electron chi connectivity index (χ1n) is 15.1. The van der Waals surface area contributed by atoms with Crippen LogP contribution in [0, 0.1) is 13.8 Å². The van der Waals surface area contributed by atoms with Crippen molar-refractivity contribution in [1.29, 1.82) is 0 Å². The predicted octanol–water partition coefficient (Wildman–Crippen LogP) is 5.42. The number of fused-ring (bicyclic) bond motifs is 1. The molecule has 0 amide bonds. The number of rotatable bonds is 8. The van der Waals surface area contributed by atoms with Crippen molar-refractivity contribution in [3.05, 3.63) is 138 Å². The van der Waals surface area contributed by atoms with Crippen molar-refractivity contribution in [2.24, 2.45) is 4.99 Å². The number of nitrogens with zero attached hydrogens (tertiary/aromatic N) is 4. The second-order valence-electron chi connectivity index (χ2n) is 11.3. The van der Waals surface area contributed by atoms with Crippen molar-refractivity contribution in [2.45, 2.75) is 26.8 Å². The summed E-state index contributed by atoms with van der Waals surface area (Å²) in [5.41, 5.74) is 7.22. The highest BCUT2D eigenvalue weighted by atomic mass is 32.1. The Morgan fingerprint density at radius 2 is 1.74 bits per heavy atom. The molecule has 0 spiro atoms. The lowest BCUT2D eigenvalue weighted by Crippen LogP contribution is -2.40. The molecule has 9 heteroatoms. The summed E-state index contributed by atoms with van der Waals surface area (Å²) in [5, 5.41) is 0. The molecular formula is C37H36N4O4S. The molecule has 3 aromatic carbocycles. The second-order valence-corrected chi connectivity index (χ2v) is 12.3.